The molecular weight excluding hydrogens is 210 g/mol. The Morgan fingerprint density at radius 3 is 2.65 bits per heavy atom. The van der Waals surface area contributed by atoms with Crippen LogP contribution in [-0.4, -0.2) is 15.0 Å². The van der Waals surface area contributed by atoms with Gasteiger partial charge in [0.2, 0.25) is 0 Å². The zero-order valence-electron chi connectivity index (χ0n) is 11.0. The van der Waals surface area contributed by atoms with Crippen LogP contribution in [0, 0.1) is 17.8 Å². The summed E-state index contributed by atoms with van der Waals surface area (Å²) in [6.45, 7) is 5.59. The highest BCUT2D eigenvalue weighted by molar-refractivity contribution is 5.15. The van der Waals surface area contributed by atoms with Crippen LogP contribution in [0.15, 0.2) is 0 Å². The molecular formula is C14H23N3. The molecule has 3 rings (SSSR count). The van der Waals surface area contributed by atoms with E-state index in [9.17, 15) is 0 Å². The van der Waals surface area contributed by atoms with Gasteiger partial charge in [-0.3, -0.25) is 0 Å². The van der Waals surface area contributed by atoms with E-state index in [1.807, 2.05) is 0 Å². The Morgan fingerprint density at radius 1 is 1.18 bits per heavy atom. The maximum Gasteiger partial charge on any atom is 0.0859 e. The predicted octanol–water partition coefficient (Wildman–Crippen LogP) is 2.84. The molecule has 0 aromatic carbocycles. The minimum atomic E-state index is 1.00. The topological polar surface area (TPSA) is 30.7 Å². The first-order valence-corrected chi connectivity index (χ1v) is 7.26. The standard InChI is InChI=1S/C14H23N3/c1-3-9-17-14-8-6-12-10(4-2)11(12)5-7-13(14)15-16-17/h10-12H,3-9H2,1-2H3/t10-,11-,12+/m1/s1. The van der Waals surface area contributed by atoms with Gasteiger partial charge in [-0.1, -0.05) is 25.5 Å². The highest BCUT2D eigenvalue weighted by Gasteiger charge is 2.48. The molecule has 2 aliphatic carbocycles. The first kappa shape index (κ1) is 11.2. The molecule has 0 amide bonds. The lowest BCUT2D eigenvalue weighted by molar-refractivity contribution is 0.527. The Balaban J connectivity index is 1.76. The number of hydrogen-bond donors (Lipinski definition) is 0. The Hall–Kier alpha value is -0.860. The van der Waals surface area contributed by atoms with Crippen LogP contribution in [0.3, 0.4) is 0 Å². The van der Waals surface area contributed by atoms with E-state index in [1.165, 1.54) is 37.1 Å². The van der Waals surface area contributed by atoms with Gasteiger partial charge >= 0.3 is 0 Å². The van der Waals surface area contributed by atoms with Crippen molar-refractivity contribution in [2.45, 2.75) is 58.9 Å². The van der Waals surface area contributed by atoms with E-state index in [2.05, 4.69) is 28.8 Å². The lowest BCUT2D eigenvalue weighted by Gasteiger charge is -2.09. The van der Waals surface area contributed by atoms with E-state index >= 15 is 0 Å². The molecule has 1 saturated carbocycles. The fourth-order valence-electron chi connectivity index (χ4n) is 3.82. The normalized spacial score (nSPS) is 31.3. The van der Waals surface area contributed by atoms with Gasteiger partial charge < -0.3 is 0 Å². The van der Waals surface area contributed by atoms with Crippen molar-refractivity contribution in [2.75, 3.05) is 0 Å². The molecule has 0 spiro atoms. The molecule has 17 heavy (non-hydrogen) atoms. The second kappa shape index (κ2) is 4.43. The zero-order chi connectivity index (χ0) is 11.8. The molecule has 0 unspecified atom stereocenters. The maximum atomic E-state index is 4.39. The summed E-state index contributed by atoms with van der Waals surface area (Å²) in [7, 11) is 0. The van der Waals surface area contributed by atoms with Crippen LogP contribution >= 0.6 is 0 Å². The van der Waals surface area contributed by atoms with E-state index in [-0.39, 0.29) is 0 Å². The summed E-state index contributed by atoms with van der Waals surface area (Å²) in [5.74, 6) is 3.04. The molecule has 0 radical (unpaired) electrons. The Labute approximate surface area is 104 Å². The molecule has 94 valence electrons. The molecule has 1 aromatic rings. The van der Waals surface area contributed by atoms with Gasteiger partial charge in [-0.25, -0.2) is 4.68 Å². The number of aromatic nitrogens is 3. The van der Waals surface area contributed by atoms with Crippen molar-refractivity contribution < 1.29 is 0 Å². The smallest absolute Gasteiger partial charge is 0.0859 e. The molecule has 1 heterocycles. The summed E-state index contributed by atoms with van der Waals surface area (Å²) in [5, 5.41) is 8.71. The summed E-state index contributed by atoms with van der Waals surface area (Å²) in [4.78, 5) is 0. The first-order valence-electron chi connectivity index (χ1n) is 7.26. The summed E-state index contributed by atoms with van der Waals surface area (Å²) < 4.78 is 2.15. The second-order valence-electron chi connectivity index (χ2n) is 5.68. The summed E-state index contributed by atoms with van der Waals surface area (Å²) in [5.41, 5.74) is 2.73. The van der Waals surface area contributed by atoms with Crippen molar-refractivity contribution in [1.82, 2.24) is 15.0 Å². The van der Waals surface area contributed by atoms with Crippen LogP contribution in [0.4, 0.5) is 0 Å². The first-order chi connectivity index (χ1) is 8.35. The third kappa shape index (κ3) is 1.90. The summed E-state index contributed by atoms with van der Waals surface area (Å²) in [6.07, 6.45) is 7.62. The van der Waals surface area contributed by atoms with Crippen LogP contribution in [-0.2, 0) is 19.4 Å². The number of hydrogen-bond acceptors (Lipinski definition) is 2. The Morgan fingerprint density at radius 2 is 1.94 bits per heavy atom. The van der Waals surface area contributed by atoms with E-state index in [0.29, 0.717) is 0 Å². The molecule has 3 nitrogen and oxygen atoms in total. The number of aryl methyl sites for hydroxylation is 2. The monoisotopic (exact) mass is 233 g/mol. The van der Waals surface area contributed by atoms with Crippen LogP contribution in [0.5, 0.6) is 0 Å². The maximum absolute atomic E-state index is 4.39. The molecule has 0 bridgehead atoms. The van der Waals surface area contributed by atoms with Gasteiger partial charge in [-0.2, -0.15) is 0 Å². The molecule has 0 aliphatic heterocycles. The minimum Gasteiger partial charge on any atom is -0.249 e. The molecule has 3 heteroatoms. The van der Waals surface area contributed by atoms with Gasteiger partial charge in [0.1, 0.15) is 0 Å². The van der Waals surface area contributed by atoms with Gasteiger partial charge in [0, 0.05) is 6.54 Å². The number of fused-ring (bicyclic) bond motifs is 2. The Bertz CT molecular complexity index is 396. The molecule has 2 aliphatic rings. The van der Waals surface area contributed by atoms with Crippen molar-refractivity contribution in [3.05, 3.63) is 11.4 Å². The van der Waals surface area contributed by atoms with Gasteiger partial charge in [-0.05, 0) is 49.9 Å². The van der Waals surface area contributed by atoms with E-state index in [1.54, 1.807) is 0 Å². The van der Waals surface area contributed by atoms with Gasteiger partial charge in [0.25, 0.3) is 0 Å². The number of nitrogens with zero attached hydrogens (tertiary/aromatic N) is 3. The highest BCUT2D eigenvalue weighted by Crippen LogP contribution is 2.54. The Kier molecular flexibility index (Phi) is 2.93. The molecule has 3 atom stereocenters. The van der Waals surface area contributed by atoms with Crippen LogP contribution in [0.1, 0.15) is 50.9 Å². The average molecular weight is 233 g/mol. The van der Waals surface area contributed by atoms with Crippen molar-refractivity contribution in [3.63, 3.8) is 0 Å². The van der Waals surface area contributed by atoms with E-state index in [4.69, 9.17) is 0 Å². The quantitative estimate of drug-likeness (QED) is 0.803. The lowest BCUT2D eigenvalue weighted by atomic mass is 10.0. The lowest BCUT2D eigenvalue weighted by Crippen LogP contribution is -2.08. The molecule has 0 saturated heterocycles. The van der Waals surface area contributed by atoms with Crippen LogP contribution < -0.4 is 0 Å². The third-order valence-corrected chi connectivity index (χ3v) is 4.76. The fraction of sp³-hybridized carbons (Fsp3) is 0.857. The molecule has 1 fully saturated rings. The second-order valence-corrected chi connectivity index (χ2v) is 5.68. The van der Waals surface area contributed by atoms with Crippen molar-refractivity contribution in [3.8, 4) is 0 Å². The van der Waals surface area contributed by atoms with Crippen molar-refractivity contribution in [1.29, 1.82) is 0 Å². The predicted molar refractivity (Wildman–Crippen MR) is 67.7 cm³/mol. The van der Waals surface area contributed by atoms with Crippen LogP contribution in [0.2, 0.25) is 0 Å². The largest absolute Gasteiger partial charge is 0.249 e. The van der Waals surface area contributed by atoms with E-state index in [0.717, 1.165) is 37.1 Å². The third-order valence-electron chi connectivity index (χ3n) is 4.76. The SMILES string of the molecule is CCCn1nnc2c1CC[C@H]1[C@H](CC)[C@H]1CC2. The minimum absolute atomic E-state index is 1.00. The molecule has 1 aromatic heterocycles. The highest BCUT2D eigenvalue weighted by atomic mass is 15.4. The zero-order valence-corrected chi connectivity index (χ0v) is 11.0. The van der Waals surface area contributed by atoms with E-state index < -0.39 is 0 Å². The average Bonchev–Trinajstić information content (AvgIpc) is 2.85. The summed E-state index contributed by atoms with van der Waals surface area (Å²) in [6, 6.07) is 0. The van der Waals surface area contributed by atoms with Gasteiger partial charge in [-0.15, -0.1) is 5.10 Å². The van der Waals surface area contributed by atoms with Crippen molar-refractivity contribution in [2.24, 2.45) is 17.8 Å². The molecule has 0 N–H and O–H groups in total. The van der Waals surface area contributed by atoms with Crippen LogP contribution in [0.25, 0.3) is 0 Å². The number of rotatable bonds is 3. The van der Waals surface area contributed by atoms with Gasteiger partial charge in [0.15, 0.2) is 0 Å². The van der Waals surface area contributed by atoms with Crippen molar-refractivity contribution >= 4 is 0 Å². The van der Waals surface area contributed by atoms with Gasteiger partial charge in [0.05, 0.1) is 11.4 Å². The summed E-state index contributed by atoms with van der Waals surface area (Å²) >= 11 is 0. The fourth-order valence-corrected chi connectivity index (χ4v) is 3.82.